The Labute approximate surface area is 79.8 Å². The van der Waals surface area contributed by atoms with Gasteiger partial charge in [0.25, 0.3) is 0 Å². The maximum atomic E-state index is 13.3. The molecule has 0 bridgehead atoms. The van der Waals surface area contributed by atoms with Crippen LogP contribution in [0, 0.1) is 5.82 Å². The van der Waals surface area contributed by atoms with Gasteiger partial charge in [0, 0.05) is 12.7 Å². The predicted octanol–water partition coefficient (Wildman–Crippen LogP) is 1.56. The van der Waals surface area contributed by atoms with Gasteiger partial charge in [0.05, 0.1) is 10.9 Å². The molecular weight excluding hydrogens is 183 g/mol. The monoisotopic (exact) mass is 192 g/mol. The van der Waals surface area contributed by atoms with E-state index >= 15 is 0 Å². The summed E-state index contributed by atoms with van der Waals surface area (Å²) in [7, 11) is 0. The molecule has 1 heterocycles. The molecule has 0 aliphatic rings. The van der Waals surface area contributed by atoms with Crippen molar-refractivity contribution in [2.75, 3.05) is 0 Å². The number of fused-ring (bicyclic) bond motifs is 1. The molecule has 72 valence electrons. The minimum absolute atomic E-state index is 0.342. The third-order valence-electron chi connectivity index (χ3n) is 2.17. The van der Waals surface area contributed by atoms with Crippen molar-refractivity contribution >= 4 is 10.9 Å². The Morgan fingerprint density at radius 3 is 3.00 bits per heavy atom. The van der Waals surface area contributed by atoms with Crippen LogP contribution >= 0.6 is 0 Å². The molecule has 0 unspecified atom stereocenters. The van der Waals surface area contributed by atoms with E-state index in [9.17, 15) is 9.18 Å². The van der Waals surface area contributed by atoms with Crippen molar-refractivity contribution in [2.45, 2.75) is 13.5 Å². The van der Waals surface area contributed by atoms with Crippen molar-refractivity contribution < 1.29 is 4.39 Å². The zero-order chi connectivity index (χ0) is 10.1. The van der Waals surface area contributed by atoms with E-state index in [1.165, 1.54) is 16.8 Å². The molecular formula is C10H9FN2O. The fourth-order valence-electron chi connectivity index (χ4n) is 1.49. The Balaban J connectivity index is 2.95. The van der Waals surface area contributed by atoms with E-state index in [-0.39, 0.29) is 11.5 Å². The second kappa shape index (κ2) is 3.21. The zero-order valence-electron chi connectivity index (χ0n) is 7.70. The lowest BCUT2D eigenvalue weighted by Crippen LogP contribution is -2.22. The van der Waals surface area contributed by atoms with Gasteiger partial charge in [-0.05, 0) is 19.1 Å². The molecule has 0 N–H and O–H groups in total. The van der Waals surface area contributed by atoms with Gasteiger partial charge in [-0.3, -0.25) is 4.57 Å². The summed E-state index contributed by atoms with van der Waals surface area (Å²) < 4.78 is 14.7. The van der Waals surface area contributed by atoms with Crippen LogP contribution in [-0.4, -0.2) is 9.55 Å². The van der Waals surface area contributed by atoms with Crippen LogP contribution < -0.4 is 5.69 Å². The smallest absolute Gasteiger partial charge is 0.292 e. The zero-order valence-corrected chi connectivity index (χ0v) is 7.70. The highest BCUT2D eigenvalue weighted by molar-refractivity contribution is 5.78. The average molecular weight is 192 g/mol. The number of nitrogens with zero attached hydrogens (tertiary/aromatic N) is 2. The number of hydrogen-bond donors (Lipinski definition) is 0. The van der Waals surface area contributed by atoms with E-state index < -0.39 is 0 Å². The summed E-state index contributed by atoms with van der Waals surface area (Å²) in [4.78, 5) is 14.9. The summed E-state index contributed by atoms with van der Waals surface area (Å²) in [6.45, 7) is 2.32. The molecule has 3 nitrogen and oxygen atoms in total. The fraction of sp³-hybridized carbons (Fsp3) is 0.200. The summed E-state index contributed by atoms with van der Waals surface area (Å²) in [6, 6.07) is 4.66. The topological polar surface area (TPSA) is 34.9 Å². The molecule has 0 amide bonds. The van der Waals surface area contributed by atoms with Gasteiger partial charge in [0.1, 0.15) is 5.82 Å². The second-order valence-corrected chi connectivity index (χ2v) is 2.96. The molecule has 0 aliphatic carbocycles. The quantitative estimate of drug-likeness (QED) is 0.687. The first-order chi connectivity index (χ1) is 6.74. The number of aryl methyl sites for hydroxylation is 1. The number of aromatic nitrogens is 2. The van der Waals surface area contributed by atoms with Gasteiger partial charge in [-0.15, -0.1) is 0 Å². The molecule has 4 heteroatoms. The molecule has 1 aromatic carbocycles. The largest absolute Gasteiger partial charge is 0.347 e. The molecule has 0 saturated carbocycles. The summed E-state index contributed by atoms with van der Waals surface area (Å²) in [5.41, 5.74) is 0.248. The molecule has 2 rings (SSSR count). The highest BCUT2D eigenvalue weighted by Crippen LogP contribution is 2.14. The standard InChI is InChI=1S/C10H9FN2O/c1-2-13-9-5-3-4-8(11)7(9)6-12-10(13)14/h3-6H,2H2,1H3. The Morgan fingerprint density at radius 2 is 2.29 bits per heavy atom. The van der Waals surface area contributed by atoms with Gasteiger partial charge in [-0.2, -0.15) is 0 Å². The van der Waals surface area contributed by atoms with Crippen molar-refractivity contribution in [3.63, 3.8) is 0 Å². The van der Waals surface area contributed by atoms with Crippen LogP contribution in [0.1, 0.15) is 6.92 Å². The molecule has 14 heavy (non-hydrogen) atoms. The third kappa shape index (κ3) is 1.19. The Bertz CT molecular complexity index is 533. The molecule has 2 aromatic rings. The first-order valence-electron chi connectivity index (χ1n) is 4.38. The second-order valence-electron chi connectivity index (χ2n) is 2.96. The van der Waals surface area contributed by atoms with Gasteiger partial charge < -0.3 is 0 Å². The van der Waals surface area contributed by atoms with Crippen molar-refractivity contribution in [1.82, 2.24) is 9.55 Å². The Kier molecular flexibility index (Phi) is 2.04. The minimum Gasteiger partial charge on any atom is -0.292 e. The summed E-state index contributed by atoms with van der Waals surface area (Å²) >= 11 is 0. The number of hydrogen-bond acceptors (Lipinski definition) is 2. The third-order valence-corrected chi connectivity index (χ3v) is 2.17. The van der Waals surface area contributed by atoms with Crippen LogP contribution in [0.25, 0.3) is 10.9 Å². The van der Waals surface area contributed by atoms with Crippen molar-refractivity contribution in [3.8, 4) is 0 Å². The van der Waals surface area contributed by atoms with Crippen LogP contribution in [0.3, 0.4) is 0 Å². The van der Waals surface area contributed by atoms with E-state index in [1.807, 2.05) is 6.92 Å². The first kappa shape index (κ1) is 8.87. The number of rotatable bonds is 1. The van der Waals surface area contributed by atoms with Crippen LogP contribution in [0.2, 0.25) is 0 Å². The number of halogens is 1. The van der Waals surface area contributed by atoms with E-state index in [4.69, 9.17) is 0 Å². The van der Waals surface area contributed by atoms with Gasteiger partial charge in [-0.25, -0.2) is 14.2 Å². The fourth-order valence-corrected chi connectivity index (χ4v) is 1.49. The van der Waals surface area contributed by atoms with Crippen molar-refractivity contribution in [3.05, 3.63) is 40.7 Å². The van der Waals surface area contributed by atoms with Crippen LogP contribution in [0.4, 0.5) is 4.39 Å². The Hall–Kier alpha value is -1.71. The highest BCUT2D eigenvalue weighted by atomic mass is 19.1. The SMILES string of the molecule is CCn1c(=O)ncc2c(F)cccc21. The Morgan fingerprint density at radius 1 is 1.50 bits per heavy atom. The molecule has 0 spiro atoms. The first-order valence-corrected chi connectivity index (χ1v) is 4.38. The van der Waals surface area contributed by atoms with Gasteiger partial charge in [0.2, 0.25) is 0 Å². The minimum atomic E-state index is -0.350. The lowest BCUT2D eigenvalue weighted by atomic mass is 10.2. The molecule has 0 fully saturated rings. The average Bonchev–Trinajstić information content (AvgIpc) is 2.18. The van der Waals surface area contributed by atoms with Crippen LogP contribution in [0.15, 0.2) is 29.2 Å². The van der Waals surface area contributed by atoms with Gasteiger partial charge in [-0.1, -0.05) is 6.07 Å². The predicted molar refractivity (Wildman–Crippen MR) is 51.6 cm³/mol. The molecule has 0 aliphatic heterocycles. The number of benzene rings is 1. The van der Waals surface area contributed by atoms with Crippen molar-refractivity contribution in [2.24, 2.45) is 0 Å². The van der Waals surface area contributed by atoms with Crippen LogP contribution in [0.5, 0.6) is 0 Å². The maximum Gasteiger partial charge on any atom is 0.347 e. The van der Waals surface area contributed by atoms with E-state index in [1.54, 1.807) is 12.1 Å². The summed E-state index contributed by atoms with van der Waals surface area (Å²) in [6.07, 6.45) is 1.28. The molecule has 0 radical (unpaired) electrons. The van der Waals surface area contributed by atoms with Gasteiger partial charge >= 0.3 is 5.69 Å². The maximum absolute atomic E-state index is 13.3. The summed E-state index contributed by atoms with van der Waals surface area (Å²) in [5, 5.41) is 0.383. The lowest BCUT2D eigenvalue weighted by molar-refractivity contribution is 0.635. The van der Waals surface area contributed by atoms with Gasteiger partial charge in [0.15, 0.2) is 0 Å². The molecule has 1 aromatic heterocycles. The summed E-state index contributed by atoms with van der Waals surface area (Å²) in [5.74, 6) is -0.350. The normalized spacial score (nSPS) is 10.7. The van der Waals surface area contributed by atoms with Crippen LogP contribution in [-0.2, 0) is 6.54 Å². The molecule has 0 saturated heterocycles. The van der Waals surface area contributed by atoms with E-state index in [2.05, 4.69) is 4.98 Å². The highest BCUT2D eigenvalue weighted by Gasteiger charge is 2.05. The van der Waals surface area contributed by atoms with E-state index in [0.29, 0.717) is 17.4 Å². The lowest BCUT2D eigenvalue weighted by Gasteiger charge is -2.05. The van der Waals surface area contributed by atoms with E-state index in [0.717, 1.165) is 0 Å². The van der Waals surface area contributed by atoms with Crippen molar-refractivity contribution in [1.29, 1.82) is 0 Å². The molecule has 0 atom stereocenters.